The molecule has 0 aliphatic rings. The van der Waals surface area contributed by atoms with E-state index in [2.05, 4.69) is 21.3 Å². The van der Waals surface area contributed by atoms with Crippen LogP contribution in [0.15, 0.2) is 285 Å². The molecule has 23 heteroatoms. The Morgan fingerprint density at radius 2 is 0.703 bits per heavy atom. The standard InChI is InChI=1S/C95H99N4O16P3/c1-115-95(108)86(34-17-26-69-25-16-31-80(55-69)77-44-37-71(38-45-77)58-83(64-117(111,112)53-50-67-21-8-3-9-22-67)91(102)98-87(93(104)105)60-73-41-48-75-29-14-15-30-79(75)59-73)97-90(101)82(63-116(109,110)52-49-66-19-6-2-7-20-66)56-72-39-46-78(47-40-72)81-32-18-33-85(61-81)96-89(100)62-88(94(106)107)99-92(103)84(65-118(113,114)54-51-68-23-10-4-11-24-68)57-70-35-42-76(43-36-70)74-27-12-5-13-28-74/h2-16,18-25,27-33,35-48,55,59,61,82-84,86-88H,17,26,34,49-54,56-58,60,62-65H2,1H3,(H,96,100)(H,97,101)(H,98,102)(H,99,103)(H,104,105)(H,106,107)(H,109,110)(H,111,112)(H,113,114)/t82-,83+,84+,86+,87+,88+/m1/s1. The number of anilines is 1. The van der Waals surface area contributed by atoms with Crippen molar-refractivity contribution in [3.05, 3.63) is 330 Å². The Labute approximate surface area is 687 Å². The Kier molecular flexibility index (Phi) is 31.2. The first kappa shape index (κ1) is 87.4. The molecule has 118 heavy (non-hydrogen) atoms. The Hall–Kier alpha value is -11.5. The number of methoxy groups -OCH3 is 1. The Morgan fingerprint density at radius 3 is 1.15 bits per heavy atom. The number of carboxylic acids is 2. The third-order valence-corrected chi connectivity index (χ3v) is 27.0. The van der Waals surface area contributed by atoms with E-state index in [1.54, 1.807) is 48.5 Å². The van der Waals surface area contributed by atoms with E-state index in [-0.39, 0.29) is 69.6 Å². The number of carbonyl (C=O) groups excluding carboxylic acids is 5. The van der Waals surface area contributed by atoms with Crippen LogP contribution >= 0.6 is 22.1 Å². The summed E-state index contributed by atoms with van der Waals surface area (Å²) in [5.41, 5.74) is 11.4. The van der Waals surface area contributed by atoms with E-state index in [9.17, 15) is 72.2 Å². The summed E-state index contributed by atoms with van der Waals surface area (Å²) in [6, 6.07) is 83.1. The summed E-state index contributed by atoms with van der Waals surface area (Å²) in [6.45, 7) is 0. The van der Waals surface area contributed by atoms with Gasteiger partial charge in [0.1, 0.15) is 18.1 Å². The molecule has 0 aliphatic heterocycles. The number of nitrogens with one attached hydrogen (secondary N) is 4. The van der Waals surface area contributed by atoms with Crippen LogP contribution in [0.2, 0.25) is 0 Å². The van der Waals surface area contributed by atoms with E-state index in [1.165, 1.54) is 7.11 Å². The van der Waals surface area contributed by atoms with E-state index in [4.69, 9.17) is 4.74 Å². The quantitative estimate of drug-likeness (QED) is 0.0127. The van der Waals surface area contributed by atoms with Crippen LogP contribution in [0, 0.1) is 17.8 Å². The van der Waals surface area contributed by atoms with Gasteiger partial charge < -0.3 is 50.9 Å². The van der Waals surface area contributed by atoms with Gasteiger partial charge in [0.25, 0.3) is 0 Å². The smallest absolute Gasteiger partial charge is 0.328 e. The summed E-state index contributed by atoms with van der Waals surface area (Å²) in [4.78, 5) is 130. The lowest BCUT2D eigenvalue weighted by Crippen LogP contribution is -2.46. The lowest BCUT2D eigenvalue weighted by molar-refractivity contribution is -0.145. The highest BCUT2D eigenvalue weighted by atomic mass is 31.2. The van der Waals surface area contributed by atoms with Gasteiger partial charge in [0.2, 0.25) is 45.7 Å². The number of benzene rings is 11. The molecule has 11 aromatic rings. The molecule has 11 rings (SSSR count). The molecule has 0 spiro atoms. The number of carboxylic acid groups (broad SMARTS) is 2. The van der Waals surface area contributed by atoms with Crippen LogP contribution in [0.4, 0.5) is 5.69 Å². The predicted molar refractivity (Wildman–Crippen MR) is 463 cm³/mol. The lowest BCUT2D eigenvalue weighted by Gasteiger charge is -2.24. The van der Waals surface area contributed by atoms with Crippen molar-refractivity contribution in [3.63, 3.8) is 0 Å². The SMILES string of the molecule is COC(=O)[C@H](CCCc1cccc(-c2ccc(C[C@@H](CP(=O)(O)CCc3ccccc3)C(=O)N[C@@H](Cc3ccc4ccccc4c3)C(=O)O)cc2)c1)NC(=O)[C@H](Cc1ccc(-c2cccc(NC(=O)C[C@H](NC(=O)[C@@H](Cc3ccc(-c4ccccc4)cc3)CP(=O)(O)CCc3ccccc3)C(=O)O)c2)cc1)CP(=O)(O)CCc1ccccc1. The van der Waals surface area contributed by atoms with Crippen molar-refractivity contribution in [3.8, 4) is 33.4 Å². The van der Waals surface area contributed by atoms with Gasteiger partial charge in [-0.15, -0.1) is 0 Å². The predicted octanol–water partition coefficient (Wildman–Crippen LogP) is 15.9. The molecule has 0 fully saturated rings. The van der Waals surface area contributed by atoms with Crippen molar-refractivity contribution in [1.29, 1.82) is 0 Å². The van der Waals surface area contributed by atoms with Crippen LogP contribution in [0.1, 0.15) is 63.8 Å². The third-order valence-electron chi connectivity index (χ3n) is 21.2. The minimum absolute atomic E-state index is 0.00509. The van der Waals surface area contributed by atoms with Gasteiger partial charge >= 0.3 is 17.9 Å². The van der Waals surface area contributed by atoms with Gasteiger partial charge in [-0.25, -0.2) is 14.4 Å². The molecule has 0 bridgehead atoms. The maximum Gasteiger partial charge on any atom is 0.328 e. The summed E-state index contributed by atoms with van der Waals surface area (Å²) < 4.78 is 47.2. The normalized spacial score (nSPS) is 14.4. The average molecular weight is 1650 g/mol. The maximum atomic E-state index is 14.7. The molecule has 11 aromatic carbocycles. The Balaban J connectivity index is 0.723. The first-order chi connectivity index (χ1) is 56.8. The summed E-state index contributed by atoms with van der Waals surface area (Å²) in [7, 11) is -10.7. The molecule has 0 aromatic heterocycles. The van der Waals surface area contributed by atoms with Crippen LogP contribution in [0.5, 0.6) is 0 Å². The largest absolute Gasteiger partial charge is 0.480 e. The highest BCUT2D eigenvalue weighted by Gasteiger charge is 2.36. The Morgan fingerprint density at radius 1 is 0.339 bits per heavy atom. The number of rotatable bonds is 42. The minimum Gasteiger partial charge on any atom is -0.480 e. The summed E-state index contributed by atoms with van der Waals surface area (Å²) in [5.74, 6) is -9.48. The van der Waals surface area contributed by atoms with Gasteiger partial charge in [-0.1, -0.05) is 273 Å². The molecule has 4 amide bonds. The van der Waals surface area contributed by atoms with Crippen LogP contribution in [-0.4, -0.2) is 129 Å². The molecular formula is C95H99N4O16P3. The molecule has 3 unspecified atom stereocenters. The number of hydrogen-bond donors (Lipinski definition) is 9. The van der Waals surface area contributed by atoms with Crippen molar-refractivity contribution in [2.75, 3.05) is 49.4 Å². The Bertz CT molecular complexity index is 5390. The molecule has 0 radical (unpaired) electrons. The van der Waals surface area contributed by atoms with Crippen LogP contribution in [0.25, 0.3) is 44.2 Å². The van der Waals surface area contributed by atoms with Gasteiger partial charge in [-0.05, 0) is 159 Å². The molecule has 9 atom stereocenters. The number of aryl methyl sites for hydroxylation is 4. The van der Waals surface area contributed by atoms with Gasteiger partial charge in [-0.3, -0.25) is 32.9 Å². The zero-order valence-electron chi connectivity index (χ0n) is 65.7. The van der Waals surface area contributed by atoms with E-state index >= 15 is 0 Å². The molecule has 610 valence electrons. The number of fused-ring (bicyclic) bond motifs is 1. The number of aliphatic carboxylic acids is 2. The number of esters is 1. The van der Waals surface area contributed by atoms with Gasteiger partial charge in [0.15, 0.2) is 0 Å². The van der Waals surface area contributed by atoms with E-state index in [1.807, 2.05) is 237 Å². The number of amides is 4. The van der Waals surface area contributed by atoms with Crippen LogP contribution in [0.3, 0.4) is 0 Å². The fourth-order valence-corrected chi connectivity index (χ4v) is 20.0. The molecule has 20 nitrogen and oxygen atoms in total. The minimum atomic E-state index is -4.01. The first-order valence-corrected chi connectivity index (χ1v) is 45.6. The molecule has 0 saturated carbocycles. The van der Waals surface area contributed by atoms with Crippen molar-refractivity contribution < 1.29 is 76.9 Å². The van der Waals surface area contributed by atoms with Gasteiger partial charge in [-0.2, -0.15) is 0 Å². The average Bonchev–Trinajstić information content (AvgIpc) is 0.836. The van der Waals surface area contributed by atoms with Crippen LogP contribution < -0.4 is 21.3 Å². The highest BCUT2D eigenvalue weighted by Crippen LogP contribution is 2.47. The molecule has 0 aliphatic carbocycles. The van der Waals surface area contributed by atoms with Crippen molar-refractivity contribution in [2.24, 2.45) is 17.8 Å². The van der Waals surface area contributed by atoms with Crippen molar-refractivity contribution in [1.82, 2.24) is 16.0 Å². The van der Waals surface area contributed by atoms with Crippen LogP contribution in [-0.2, 0) is 103 Å². The monoisotopic (exact) mass is 1640 g/mol. The second-order valence-electron chi connectivity index (χ2n) is 30.3. The summed E-state index contributed by atoms with van der Waals surface area (Å²) in [5, 5.41) is 33.5. The number of ether oxygens (including phenoxy) is 1. The van der Waals surface area contributed by atoms with E-state index < -0.39 is 118 Å². The second-order valence-corrected chi connectivity index (χ2v) is 37.8. The topological polar surface area (TPSA) is 329 Å². The molecule has 9 N–H and O–H groups in total. The van der Waals surface area contributed by atoms with Gasteiger partial charge in [0, 0.05) is 49.1 Å². The lowest BCUT2D eigenvalue weighted by atomic mass is 9.95. The maximum absolute atomic E-state index is 14.7. The molecule has 0 heterocycles. The van der Waals surface area contributed by atoms with Gasteiger partial charge in [0.05, 0.1) is 31.3 Å². The summed E-state index contributed by atoms with van der Waals surface area (Å²) >= 11 is 0. The zero-order valence-corrected chi connectivity index (χ0v) is 68.4. The first-order valence-electron chi connectivity index (χ1n) is 39.6. The third kappa shape index (κ3) is 27.1. The highest BCUT2D eigenvalue weighted by molar-refractivity contribution is 7.58. The van der Waals surface area contributed by atoms with Crippen molar-refractivity contribution in [2.45, 2.75) is 88.8 Å². The summed E-state index contributed by atoms with van der Waals surface area (Å²) in [6.07, 6.45) is -0.164. The zero-order chi connectivity index (χ0) is 83.6. The fraction of sp³-hybridized carbons (Fsp3) is 0.253. The van der Waals surface area contributed by atoms with E-state index in [0.29, 0.717) is 58.3 Å². The molecule has 0 saturated heterocycles. The van der Waals surface area contributed by atoms with Crippen molar-refractivity contribution >= 4 is 80.1 Å². The number of hydrogen-bond acceptors (Lipinski definition) is 11. The fourth-order valence-electron chi connectivity index (χ4n) is 14.7. The number of carbonyl (C=O) groups is 7. The second kappa shape index (κ2) is 42.1. The molecular weight excluding hydrogens is 1550 g/mol. The van der Waals surface area contributed by atoms with E-state index in [0.717, 1.165) is 55.3 Å².